The summed E-state index contributed by atoms with van der Waals surface area (Å²) >= 11 is 5.70. The van der Waals surface area contributed by atoms with Gasteiger partial charge in [-0.15, -0.1) is 0 Å². The Morgan fingerprint density at radius 2 is 2.26 bits per heavy atom. The molecule has 3 nitrogen and oxygen atoms in total. The van der Waals surface area contributed by atoms with E-state index in [1.54, 1.807) is 24.4 Å². The number of benzene rings is 1. The monoisotopic (exact) mass is 281 g/mol. The van der Waals surface area contributed by atoms with Crippen LogP contribution in [0.5, 0.6) is 0 Å². The molecule has 2 rings (SSSR count). The number of carbonyl (C=O) groups is 1. The van der Waals surface area contributed by atoms with Crippen molar-refractivity contribution in [3.8, 4) is 0 Å². The fraction of sp³-hybridized carbons (Fsp3) is 0.214. The third-order valence-corrected chi connectivity index (χ3v) is 2.98. The second kappa shape index (κ2) is 5.89. The molecule has 0 aliphatic rings. The van der Waals surface area contributed by atoms with Crippen molar-refractivity contribution in [1.82, 2.24) is 4.98 Å². The second-order valence-electron chi connectivity index (χ2n) is 4.05. The van der Waals surface area contributed by atoms with Gasteiger partial charge in [0.1, 0.15) is 17.6 Å². The molecular formula is C14H13ClFNO2. The highest BCUT2D eigenvalue weighted by molar-refractivity contribution is 6.30. The number of hydrogen-bond acceptors (Lipinski definition) is 2. The molecule has 100 valence electrons. The number of nitrogens with one attached hydrogen (secondary N) is 1. The Bertz CT molecular complexity index is 569. The summed E-state index contributed by atoms with van der Waals surface area (Å²) < 4.78 is 19.1. The van der Waals surface area contributed by atoms with Crippen molar-refractivity contribution < 1.29 is 13.9 Å². The van der Waals surface area contributed by atoms with Crippen molar-refractivity contribution in [2.75, 3.05) is 0 Å². The largest absolute Gasteiger partial charge is 0.453 e. The Morgan fingerprint density at radius 1 is 1.47 bits per heavy atom. The van der Waals surface area contributed by atoms with Crippen LogP contribution < -0.4 is 0 Å². The number of esters is 1. The van der Waals surface area contributed by atoms with Crippen LogP contribution in [0.2, 0.25) is 5.02 Å². The van der Waals surface area contributed by atoms with Crippen molar-refractivity contribution in [1.29, 1.82) is 0 Å². The maximum Gasteiger partial charge on any atom is 0.355 e. The third kappa shape index (κ3) is 3.15. The fourth-order valence-corrected chi connectivity index (χ4v) is 1.94. The summed E-state index contributed by atoms with van der Waals surface area (Å²) in [5.41, 5.74) is 0.666. The lowest BCUT2D eigenvalue weighted by Gasteiger charge is -2.17. The molecule has 2 aromatic rings. The van der Waals surface area contributed by atoms with E-state index >= 15 is 0 Å². The third-order valence-electron chi connectivity index (χ3n) is 2.75. The van der Waals surface area contributed by atoms with E-state index in [4.69, 9.17) is 16.3 Å². The van der Waals surface area contributed by atoms with Gasteiger partial charge in [-0.3, -0.25) is 0 Å². The summed E-state index contributed by atoms with van der Waals surface area (Å²) in [7, 11) is 0. The van der Waals surface area contributed by atoms with Gasteiger partial charge in [0.15, 0.2) is 0 Å². The number of H-pyrrole nitrogens is 1. The smallest absolute Gasteiger partial charge is 0.355 e. The Hall–Kier alpha value is -1.81. The van der Waals surface area contributed by atoms with Gasteiger partial charge in [0, 0.05) is 16.8 Å². The zero-order valence-electron chi connectivity index (χ0n) is 10.3. The van der Waals surface area contributed by atoms with Crippen LogP contribution in [-0.2, 0) is 4.74 Å². The Morgan fingerprint density at radius 3 is 2.84 bits per heavy atom. The Balaban J connectivity index is 2.18. The highest BCUT2D eigenvalue weighted by Crippen LogP contribution is 2.26. The summed E-state index contributed by atoms with van der Waals surface area (Å²) in [5, 5.41) is 0.312. The highest BCUT2D eigenvalue weighted by Gasteiger charge is 2.20. The van der Waals surface area contributed by atoms with E-state index < -0.39 is 17.9 Å². The van der Waals surface area contributed by atoms with Crippen LogP contribution in [-0.4, -0.2) is 11.0 Å². The summed E-state index contributed by atoms with van der Waals surface area (Å²) in [6.45, 7) is 1.82. The molecule has 0 aliphatic carbocycles. The summed E-state index contributed by atoms with van der Waals surface area (Å²) in [4.78, 5) is 14.6. The lowest BCUT2D eigenvalue weighted by molar-refractivity contribution is 0.0274. The molecule has 0 saturated carbocycles. The molecule has 0 fully saturated rings. The maximum atomic E-state index is 13.8. The number of carbonyl (C=O) groups excluding carboxylic acids is 1. The van der Waals surface area contributed by atoms with Gasteiger partial charge in [-0.1, -0.05) is 24.6 Å². The van der Waals surface area contributed by atoms with Crippen LogP contribution in [0.25, 0.3) is 0 Å². The molecule has 0 aliphatic heterocycles. The summed E-state index contributed by atoms with van der Waals surface area (Å²) in [5.74, 6) is -0.982. The number of rotatable bonds is 4. The van der Waals surface area contributed by atoms with E-state index in [0.717, 1.165) is 0 Å². The molecule has 1 N–H and O–H groups in total. The molecule has 0 bridgehead atoms. The minimum absolute atomic E-state index is 0.312. The molecular weight excluding hydrogens is 269 g/mol. The van der Waals surface area contributed by atoms with Gasteiger partial charge >= 0.3 is 5.97 Å². The lowest BCUT2D eigenvalue weighted by Crippen LogP contribution is -2.12. The van der Waals surface area contributed by atoms with E-state index in [1.165, 1.54) is 12.1 Å². The lowest BCUT2D eigenvalue weighted by atomic mass is 10.1. The van der Waals surface area contributed by atoms with Gasteiger partial charge in [-0.25, -0.2) is 9.18 Å². The van der Waals surface area contributed by atoms with Gasteiger partial charge in [-0.05, 0) is 30.7 Å². The first kappa shape index (κ1) is 13.6. The molecule has 1 aromatic carbocycles. The maximum absolute atomic E-state index is 13.8. The standard InChI is InChI=1S/C14H13ClFNO2/c1-2-13(10-6-5-9(15)8-11(10)16)19-14(18)12-4-3-7-17-12/h3-8,13,17H,2H2,1H3. The number of aromatic amines is 1. The van der Waals surface area contributed by atoms with Crippen molar-refractivity contribution in [2.24, 2.45) is 0 Å². The number of hydrogen-bond donors (Lipinski definition) is 1. The minimum atomic E-state index is -0.631. The van der Waals surface area contributed by atoms with Gasteiger partial charge < -0.3 is 9.72 Å². The van der Waals surface area contributed by atoms with Crippen LogP contribution in [0.1, 0.15) is 35.5 Å². The van der Waals surface area contributed by atoms with Crippen molar-refractivity contribution in [2.45, 2.75) is 19.4 Å². The summed E-state index contributed by atoms with van der Waals surface area (Å²) in [6, 6.07) is 7.62. The van der Waals surface area contributed by atoms with Crippen molar-refractivity contribution in [3.05, 3.63) is 58.6 Å². The first-order valence-electron chi connectivity index (χ1n) is 5.91. The first-order chi connectivity index (χ1) is 9.11. The van der Waals surface area contributed by atoms with Gasteiger partial charge in [0.2, 0.25) is 0 Å². The van der Waals surface area contributed by atoms with Gasteiger partial charge in [0.05, 0.1) is 0 Å². The number of halogens is 2. The van der Waals surface area contributed by atoms with Crippen LogP contribution in [0.3, 0.4) is 0 Å². The normalized spacial score (nSPS) is 12.2. The van der Waals surface area contributed by atoms with Gasteiger partial charge in [-0.2, -0.15) is 0 Å². The van der Waals surface area contributed by atoms with Crippen LogP contribution in [0.15, 0.2) is 36.5 Å². The van der Waals surface area contributed by atoms with Crippen molar-refractivity contribution >= 4 is 17.6 Å². The predicted octanol–water partition coefficient (Wildman–Crippen LogP) is 4.12. The van der Waals surface area contributed by atoms with Crippen molar-refractivity contribution in [3.63, 3.8) is 0 Å². The average molecular weight is 282 g/mol. The predicted molar refractivity (Wildman–Crippen MR) is 70.7 cm³/mol. The fourth-order valence-electron chi connectivity index (χ4n) is 1.78. The molecule has 19 heavy (non-hydrogen) atoms. The number of ether oxygens (including phenoxy) is 1. The van der Waals surface area contributed by atoms with Crippen LogP contribution in [0.4, 0.5) is 4.39 Å². The molecule has 5 heteroatoms. The summed E-state index contributed by atoms with van der Waals surface area (Å²) in [6.07, 6.45) is 1.47. The van der Waals surface area contributed by atoms with E-state index in [2.05, 4.69) is 4.98 Å². The van der Waals surface area contributed by atoms with E-state index in [0.29, 0.717) is 22.7 Å². The molecule has 0 spiro atoms. The van der Waals surface area contributed by atoms with Crippen LogP contribution >= 0.6 is 11.6 Å². The SMILES string of the molecule is CCC(OC(=O)c1ccc[nH]1)c1ccc(Cl)cc1F. The minimum Gasteiger partial charge on any atom is -0.453 e. The average Bonchev–Trinajstić information content (AvgIpc) is 2.90. The molecule has 0 radical (unpaired) electrons. The quantitative estimate of drug-likeness (QED) is 0.857. The number of aromatic nitrogens is 1. The van der Waals surface area contributed by atoms with E-state index in [9.17, 15) is 9.18 Å². The highest BCUT2D eigenvalue weighted by atomic mass is 35.5. The van der Waals surface area contributed by atoms with E-state index in [1.807, 2.05) is 6.92 Å². The zero-order valence-corrected chi connectivity index (χ0v) is 11.1. The molecule has 0 saturated heterocycles. The zero-order chi connectivity index (χ0) is 13.8. The molecule has 1 aromatic heterocycles. The van der Waals surface area contributed by atoms with Crippen LogP contribution in [0, 0.1) is 5.82 Å². The Labute approximate surface area is 115 Å². The topological polar surface area (TPSA) is 42.1 Å². The molecule has 1 unspecified atom stereocenters. The van der Waals surface area contributed by atoms with E-state index in [-0.39, 0.29) is 0 Å². The molecule has 1 atom stereocenters. The first-order valence-corrected chi connectivity index (χ1v) is 6.29. The van der Waals surface area contributed by atoms with Gasteiger partial charge in [0.25, 0.3) is 0 Å². The molecule has 0 amide bonds. The Kier molecular flexibility index (Phi) is 4.22. The molecule has 1 heterocycles. The second-order valence-corrected chi connectivity index (χ2v) is 4.49.